The first-order valence-corrected chi connectivity index (χ1v) is 7.54. The Morgan fingerprint density at radius 2 is 1.83 bits per heavy atom. The number of para-hydroxylation sites is 1. The molecular weight excluding hydrogens is 329 g/mol. The molecule has 0 saturated carbocycles. The molecule has 120 valence electrons. The van der Waals surface area contributed by atoms with Crippen molar-refractivity contribution in [3.8, 4) is 0 Å². The van der Waals surface area contributed by atoms with E-state index in [0.717, 1.165) is 0 Å². The number of hydrogen-bond donors (Lipinski definition) is 2. The highest BCUT2D eigenvalue weighted by molar-refractivity contribution is 6.30. The summed E-state index contributed by atoms with van der Waals surface area (Å²) in [7, 11) is 0. The Hall–Kier alpha value is -2.92. The zero-order chi connectivity index (χ0) is 16.9. The molecule has 0 aliphatic heterocycles. The third-order valence-electron chi connectivity index (χ3n) is 3.23. The topological polar surface area (TPSA) is 54.0 Å². The fourth-order valence-corrected chi connectivity index (χ4v) is 2.30. The summed E-state index contributed by atoms with van der Waals surface area (Å²) >= 11 is 5.89. The largest absolute Gasteiger partial charge is 0.353 e. The fraction of sp³-hybridized carbons (Fsp3) is 0. The molecule has 3 aromatic rings. The highest BCUT2D eigenvalue weighted by Gasteiger charge is 2.09. The molecule has 1 aromatic heterocycles. The number of nitrogens with zero attached hydrogens (tertiary/aromatic N) is 1. The van der Waals surface area contributed by atoms with Crippen molar-refractivity contribution < 1.29 is 9.18 Å². The molecule has 3 rings (SSSR count). The molecule has 0 atom stereocenters. The molecule has 2 aromatic carbocycles. The van der Waals surface area contributed by atoms with Crippen LogP contribution in [0, 0.1) is 5.82 Å². The molecule has 0 unspecified atom stereocenters. The van der Waals surface area contributed by atoms with E-state index >= 15 is 0 Å². The van der Waals surface area contributed by atoms with Gasteiger partial charge in [-0.15, -0.1) is 0 Å². The van der Waals surface area contributed by atoms with Crippen molar-refractivity contribution in [3.63, 3.8) is 0 Å². The Kier molecular flexibility index (Phi) is 4.72. The van der Waals surface area contributed by atoms with Crippen LogP contribution in [0.2, 0.25) is 5.02 Å². The van der Waals surface area contributed by atoms with Gasteiger partial charge in [0.05, 0.1) is 5.69 Å². The second kappa shape index (κ2) is 7.10. The summed E-state index contributed by atoms with van der Waals surface area (Å²) in [5.74, 6) is -0.756. The van der Waals surface area contributed by atoms with E-state index in [4.69, 9.17) is 11.6 Å². The first kappa shape index (κ1) is 16.0. The summed E-state index contributed by atoms with van der Waals surface area (Å²) in [6.07, 6.45) is 1.48. The number of nitrogens with one attached hydrogen (secondary N) is 2. The number of anilines is 3. The van der Waals surface area contributed by atoms with Crippen molar-refractivity contribution in [2.45, 2.75) is 0 Å². The minimum absolute atomic E-state index is 0.205. The normalized spacial score (nSPS) is 10.2. The minimum Gasteiger partial charge on any atom is -0.353 e. The molecule has 1 heterocycles. The van der Waals surface area contributed by atoms with Crippen molar-refractivity contribution in [1.82, 2.24) is 4.98 Å². The molecule has 2 N–H and O–H groups in total. The van der Waals surface area contributed by atoms with Gasteiger partial charge in [-0.05, 0) is 42.5 Å². The third kappa shape index (κ3) is 3.88. The van der Waals surface area contributed by atoms with Crippen LogP contribution in [0.1, 0.15) is 10.5 Å². The van der Waals surface area contributed by atoms with Crippen LogP contribution < -0.4 is 10.6 Å². The Labute approximate surface area is 143 Å². The van der Waals surface area contributed by atoms with Gasteiger partial charge in [0, 0.05) is 22.6 Å². The number of halogens is 2. The van der Waals surface area contributed by atoms with Crippen molar-refractivity contribution in [1.29, 1.82) is 0 Å². The maximum atomic E-state index is 13.7. The Bertz CT molecular complexity index is 885. The Morgan fingerprint density at radius 1 is 1.00 bits per heavy atom. The maximum Gasteiger partial charge on any atom is 0.274 e. The summed E-state index contributed by atoms with van der Waals surface area (Å²) in [6.45, 7) is 0. The number of amides is 1. The SMILES string of the molecule is O=C(Nc1cccc(Cl)c1)c1cc(Nc2ccccc2F)ccn1. The second-order valence-corrected chi connectivity index (χ2v) is 5.44. The zero-order valence-corrected chi connectivity index (χ0v) is 13.2. The average molecular weight is 342 g/mol. The zero-order valence-electron chi connectivity index (χ0n) is 12.5. The van der Waals surface area contributed by atoms with Gasteiger partial charge in [-0.1, -0.05) is 29.8 Å². The first-order valence-electron chi connectivity index (χ1n) is 7.16. The van der Waals surface area contributed by atoms with E-state index in [1.165, 1.54) is 12.3 Å². The van der Waals surface area contributed by atoms with Gasteiger partial charge in [0.1, 0.15) is 11.5 Å². The number of rotatable bonds is 4. The second-order valence-electron chi connectivity index (χ2n) is 5.00. The van der Waals surface area contributed by atoms with E-state index in [1.807, 2.05) is 0 Å². The van der Waals surface area contributed by atoms with Crippen LogP contribution in [0.3, 0.4) is 0 Å². The average Bonchev–Trinajstić information content (AvgIpc) is 2.57. The number of benzene rings is 2. The number of carbonyl (C=O) groups excluding carboxylic acids is 1. The Morgan fingerprint density at radius 3 is 2.62 bits per heavy atom. The van der Waals surface area contributed by atoms with Gasteiger partial charge in [0.2, 0.25) is 0 Å². The van der Waals surface area contributed by atoms with Gasteiger partial charge >= 0.3 is 0 Å². The predicted molar refractivity (Wildman–Crippen MR) is 93.3 cm³/mol. The van der Waals surface area contributed by atoms with E-state index in [1.54, 1.807) is 54.6 Å². The molecule has 0 bridgehead atoms. The van der Waals surface area contributed by atoms with Gasteiger partial charge in [-0.25, -0.2) is 4.39 Å². The van der Waals surface area contributed by atoms with E-state index in [2.05, 4.69) is 15.6 Å². The number of carbonyl (C=O) groups is 1. The lowest BCUT2D eigenvalue weighted by Crippen LogP contribution is -2.13. The minimum atomic E-state index is -0.380. The van der Waals surface area contributed by atoms with Crippen LogP contribution in [0.4, 0.5) is 21.5 Å². The molecule has 0 aliphatic carbocycles. The summed E-state index contributed by atoms with van der Waals surface area (Å²) in [5, 5.41) is 6.16. The summed E-state index contributed by atoms with van der Waals surface area (Å²) < 4.78 is 13.7. The van der Waals surface area contributed by atoms with Crippen molar-refractivity contribution in [2.75, 3.05) is 10.6 Å². The van der Waals surface area contributed by atoms with Gasteiger partial charge in [0.25, 0.3) is 5.91 Å². The molecule has 0 saturated heterocycles. The molecule has 24 heavy (non-hydrogen) atoms. The van der Waals surface area contributed by atoms with Gasteiger partial charge < -0.3 is 10.6 Å². The molecule has 1 amide bonds. The van der Waals surface area contributed by atoms with Crippen molar-refractivity contribution in [2.24, 2.45) is 0 Å². The molecule has 0 aliphatic rings. The highest BCUT2D eigenvalue weighted by Crippen LogP contribution is 2.20. The summed E-state index contributed by atoms with van der Waals surface area (Å²) in [5.41, 5.74) is 1.66. The molecule has 0 fully saturated rings. The lowest BCUT2D eigenvalue weighted by molar-refractivity contribution is 0.102. The number of aromatic nitrogens is 1. The molecule has 0 radical (unpaired) electrons. The number of pyridine rings is 1. The number of hydrogen-bond acceptors (Lipinski definition) is 3. The van der Waals surface area contributed by atoms with E-state index in [9.17, 15) is 9.18 Å². The van der Waals surface area contributed by atoms with Crippen LogP contribution in [0.15, 0.2) is 66.9 Å². The standard InChI is InChI=1S/C18H13ClFN3O/c19-12-4-3-5-13(10-12)23-18(24)17-11-14(8-9-21-17)22-16-7-2-1-6-15(16)20/h1-11H,(H,21,22)(H,23,24). The van der Waals surface area contributed by atoms with Crippen LogP contribution in [-0.4, -0.2) is 10.9 Å². The quantitative estimate of drug-likeness (QED) is 0.711. The van der Waals surface area contributed by atoms with E-state index < -0.39 is 0 Å². The monoisotopic (exact) mass is 341 g/mol. The molecule has 0 spiro atoms. The highest BCUT2D eigenvalue weighted by atomic mass is 35.5. The third-order valence-corrected chi connectivity index (χ3v) is 3.46. The van der Waals surface area contributed by atoms with Gasteiger partial charge in [0.15, 0.2) is 0 Å². The lowest BCUT2D eigenvalue weighted by Gasteiger charge is -2.09. The van der Waals surface area contributed by atoms with Crippen LogP contribution >= 0.6 is 11.6 Å². The molecule has 4 nitrogen and oxygen atoms in total. The van der Waals surface area contributed by atoms with Crippen LogP contribution in [-0.2, 0) is 0 Å². The summed E-state index contributed by atoms with van der Waals surface area (Å²) in [6, 6.07) is 16.3. The first-order chi connectivity index (χ1) is 11.6. The van der Waals surface area contributed by atoms with E-state index in [0.29, 0.717) is 22.1 Å². The maximum absolute atomic E-state index is 13.7. The molecular formula is C18H13ClFN3O. The Balaban J connectivity index is 1.77. The molecule has 6 heteroatoms. The smallest absolute Gasteiger partial charge is 0.274 e. The predicted octanol–water partition coefficient (Wildman–Crippen LogP) is 4.87. The van der Waals surface area contributed by atoms with E-state index in [-0.39, 0.29) is 17.4 Å². The lowest BCUT2D eigenvalue weighted by atomic mass is 10.2. The van der Waals surface area contributed by atoms with Crippen LogP contribution in [0.25, 0.3) is 0 Å². The van der Waals surface area contributed by atoms with Crippen molar-refractivity contribution in [3.05, 3.63) is 83.4 Å². The van der Waals surface area contributed by atoms with Crippen LogP contribution in [0.5, 0.6) is 0 Å². The van der Waals surface area contributed by atoms with Crippen molar-refractivity contribution >= 4 is 34.6 Å². The van der Waals surface area contributed by atoms with Gasteiger partial charge in [-0.3, -0.25) is 9.78 Å². The fourth-order valence-electron chi connectivity index (χ4n) is 2.11. The summed E-state index contributed by atoms with van der Waals surface area (Å²) in [4.78, 5) is 16.3. The van der Waals surface area contributed by atoms with Gasteiger partial charge in [-0.2, -0.15) is 0 Å².